The molecule has 0 saturated heterocycles. The van der Waals surface area contributed by atoms with Crippen molar-refractivity contribution in [1.82, 2.24) is 0 Å². The number of hydrogen-bond acceptors (Lipinski definition) is 4. The molecule has 0 aliphatic heterocycles. The highest BCUT2D eigenvalue weighted by atomic mass is 16.5. The highest BCUT2D eigenvalue weighted by Gasteiger charge is 2.06. The van der Waals surface area contributed by atoms with Gasteiger partial charge in [-0.2, -0.15) is 10.2 Å². The van der Waals surface area contributed by atoms with Crippen molar-refractivity contribution >= 4 is 22.7 Å². The van der Waals surface area contributed by atoms with Crippen molar-refractivity contribution in [2.24, 2.45) is 10.2 Å². The van der Waals surface area contributed by atoms with Gasteiger partial charge in [0, 0.05) is 12.2 Å². The smallest absolute Gasteiger partial charge is 0.187 e. The molecule has 0 bridgehead atoms. The molecule has 0 amide bonds. The van der Waals surface area contributed by atoms with E-state index < -0.39 is 0 Å². The van der Waals surface area contributed by atoms with Gasteiger partial charge in [-0.25, -0.2) is 4.85 Å². The van der Waals surface area contributed by atoms with Crippen LogP contribution in [0.2, 0.25) is 0 Å². The molecule has 128 valence electrons. The number of aryl methyl sites for hydroxylation is 1. The molecule has 0 saturated carbocycles. The molecule has 2 rings (SSSR count). The van der Waals surface area contributed by atoms with Gasteiger partial charge >= 0.3 is 0 Å². The fourth-order valence-electron chi connectivity index (χ4n) is 2.37. The molecule has 0 spiro atoms. The summed E-state index contributed by atoms with van der Waals surface area (Å²) in [6.45, 7) is 17.0. The Morgan fingerprint density at radius 2 is 1.96 bits per heavy atom. The lowest BCUT2D eigenvalue weighted by molar-refractivity contribution is 0.258. The van der Waals surface area contributed by atoms with Gasteiger partial charge < -0.3 is 9.64 Å². The third kappa shape index (κ3) is 5.18. The average Bonchev–Trinajstić information content (AvgIpc) is 2.65. The molecule has 0 aliphatic rings. The first-order valence-corrected chi connectivity index (χ1v) is 8.15. The van der Waals surface area contributed by atoms with Crippen molar-refractivity contribution in [1.29, 1.82) is 0 Å². The Labute approximate surface area is 149 Å². The molecule has 0 heterocycles. The molecule has 0 aromatic heterocycles. The van der Waals surface area contributed by atoms with Crippen LogP contribution in [0.3, 0.4) is 0 Å². The molecule has 2 aromatic rings. The van der Waals surface area contributed by atoms with Crippen molar-refractivity contribution in [2.45, 2.75) is 13.8 Å². The van der Waals surface area contributed by atoms with Crippen LogP contribution < -0.4 is 4.90 Å². The summed E-state index contributed by atoms with van der Waals surface area (Å²) in [4.78, 5) is 5.60. The van der Waals surface area contributed by atoms with Crippen molar-refractivity contribution in [3.05, 3.63) is 72.3 Å². The summed E-state index contributed by atoms with van der Waals surface area (Å²) in [5.74, 6) is 0. The lowest BCUT2D eigenvalue weighted by Gasteiger charge is -2.23. The van der Waals surface area contributed by atoms with E-state index in [0.717, 1.165) is 35.7 Å². The topological polar surface area (TPSA) is 41.5 Å². The average molecular weight is 334 g/mol. The second-order valence-corrected chi connectivity index (χ2v) is 5.42. The first-order chi connectivity index (χ1) is 12.2. The second kappa shape index (κ2) is 9.24. The van der Waals surface area contributed by atoms with Crippen molar-refractivity contribution < 1.29 is 4.74 Å². The minimum Gasteiger partial charge on any atom is -0.500 e. The zero-order valence-corrected chi connectivity index (χ0v) is 14.6. The molecular weight excluding hydrogens is 312 g/mol. The van der Waals surface area contributed by atoms with E-state index in [1.165, 1.54) is 6.26 Å². The van der Waals surface area contributed by atoms with E-state index in [1.54, 1.807) is 24.3 Å². The zero-order valence-electron chi connectivity index (χ0n) is 14.6. The van der Waals surface area contributed by atoms with E-state index in [9.17, 15) is 0 Å². The maximum absolute atomic E-state index is 6.96. The maximum Gasteiger partial charge on any atom is 0.187 e. The number of nitrogens with zero attached hydrogens (tertiary/aromatic N) is 4. The Bertz CT molecular complexity index is 775. The molecule has 0 radical (unpaired) electrons. The van der Waals surface area contributed by atoms with Gasteiger partial charge in [-0.1, -0.05) is 18.7 Å². The van der Waals surface area contributed by atoms with Crippen molar-refractivity contribution in [3.8, 4) is 0 Å². The van der Waals surface area contributed by atoms with Crippen molar-refractivity contribution in [3.63, 3.8) is 0 Å². The van der Waals surface area contributed by atoms with Gasteiger partial charge in [0.05, 0.1) is 30.8 Å². The van der Waals surface area contributed by atoms with Gasteiger partial charge in [0.1, 0.15) is 6.61 Å². The molecule has 5 nitrogen and oxygen atoms in total. The molecule has 0 atom stereocenters. The fraction of sp³-hybridized carbons (Fsp3) is 0.250. The summed E-state index contributed by atoms with van der Waals surface area (Å²) in [7, 11) is 0. The lowest BCUT2D eigenvalue weighted by atomic mass is 10.1. The van der Waals surface area contributed by atoms with Gasteiger partial charge in [0.25, 0.3) is 0 Å². The normalized spacial score (nSPS) is 10.4. The summed E-state index contributed by atoms with van der Waals surface area (Å²) >= 11 is 0. The minimum absolute atomic E-state index is 0.597. The quantitative estimate of drug-likeness (QED) is 0.259. The Hall–Kier alpha value is -3.13. The van der Waals surface area contributed by atoms with E-state index in [1.807, 2.05) is 19.1 Å². The third-order valence-electron chi connectivity index (χ3n) is 3.78. The predicted octanol–water partition coefficient (Wildman–Crippen LogP) is 5.95. The summed E-state index contributed by atoms with van der Waals surface area (Å²) < 4.78 is 5.22. The van der Waals surface area contributed by atoms with Gasteiger partial charge in [0.2, 0.25) is 0 Å². The first-order valence-electron chi connectivity index (χ1n) is 8.15. The Morgan fingerprint density at radius 1 is 1.20 bits per heavy atom. The number of likely N-dealkylation sites (N-methyl/N-ethyl adjacent to an activating group) is 1. The van der Waals surface area contributed by atoms with Crippen LogP contribution in [-0.2, 0) is 4.74 Å². The first kappa shape index (κ1) is 18.2. The molecule has 0 aliphatic carbocycles. The summed E-state index contributed by atoms with van der Waals surface area (Å²) in [6, 6.07) is 13.2. The molecule has 2 aromatic carbocycles. The van der Waals surface area contributed by atoms with Crippen LogP contribution in [0.25, 0.3) is 4.85 Å². The van der Waals surface area contributed by atoms with Gasteiger partial charge in [0.15, 0.2) is 5.69 Å². The number of rotatable bonds is 8. The SMILES string of the molecule is [C-]#[N+]c1ccc(N=Nc2ccc(N(CC)CCOC=C)cc2C)cc1. The van der Waals surface area contributed by atoms with Gasteiger partial charge in [-0.3, -0.25) is 0 Å². The van der Waals surface area contributed by atoms with E-state index in [4.69, 9.17) is 11.3 Å². The van der Waals surface area contributed by atoms with E-state index in [0.29, 0.717) is 12.3 Å². The molecule has 0 N–H and O–H groups in total. The highest BCUT2D eigenvalue weighted by Crippen LogP contribution is 2.27. The van der Waals surface area contributed by atoms with Crippen LogP contribution in [0.5, 0.6) is 0 Å². The molecule has 0 fully saturated rings. The second-order valence-electron chi connectivity index (χ2n) is 5.42. The zero-order chi connectivity index (χ0) is 18.1. The number of hydrogen-bond donors (Lipinski definition) is 0. The number of azo groups is 1. The maximum atomic E-state index is 6.96. The van der Waals surface area contributed by atoms with Crippen LogP contribution in [0.4, 0.5) is 22.7 Å². The Kier molecular flexibility index (Phi) is 6.73. The van der Waals surface area contributed by atoms with Crippen LogP contribution in [0.15, 0.2) is 65.5 Å². The van der Waals surface area contributed by atoms with E-state index in [-0.39, 0.29) is 0 Å². The Morgan fingerprint density at radius 3 is 2.56 bits per heavy atom. The fourth-order valence-corrected chi connectivity index (χ4v) is 2.37. The monoisotopic (exact) mass is 334 g/mol. The summed E-state index contributed by atoms with van der Waals surface area (Å²) in [5.41, 5.74) is 4.35. The standard InChI is InChI=1S/C20H22N4O/c1-5-24(13-14-25-6-2)19-11-12-20(16(3)15-19)23-22-18-9-7-17(21-4)8-10-18/h6-12,15H,2,5,13-14H2,1,3H3. The van der Waals surface area contributed by atoms with Crippen LogP contribution in [0.1, 0.15) is 12.5 Å². The Balaban J connectivity index is 2.11. The highest BCUT2D eigenvalue weighted by molar-refractivity contribution is 5.58. The largest absolute Gasteiger partial charge is 0.500 e. The molecule has 5 heteroatoms. The number of anilines is 1. The number of benzene rings is 2. The summed E-state index contributed by atoms with van der Waals surface area (Å²) in [5, 5.41) is 8.57. The molecular formula is C20H22N4O. The summed E-state index contributed by atoms with van der Waals surface area (Å²) in [6.07, 6.45) is 1.47. The van der Waals surface area contributed by atoms with Crippen LogP contribution in [-0.4, -0.2) is 19.7 Å². The van der Waals surface area contributed by atoms with Crippen LogP contribution >= 0.6 is 0 Å². The predicted molar refractivity (Wildman–Crippen MR) is 102 cm³/mol. The molecule has 0 unspecified atom stereocenters. The third-order valence-corrected chi connectivity index (χ3v) is 3.78. The van der Waals surface area contributed by atoms with Crippen LogP contribution in [0, 0.1) is 13.5 Å². The minimum atomic E-state index is 0.597. The number of ether oxygens (including phenoxy) is 1. The van der Waals surface area contributed by atoms with E-state index >= 15 is 0 Å². The van der Waals surface area contributed by atoms with E-state index in [2.05, 4.69) is 39.5 Å². The van der Waals surface area contributed by atoms with Crippen molar-refractivity contribution in [2.75, 3.05) is 24.6 Å². The van der Waals surface area contributed by atoms with Gasteiger partial charge in [-0.15, -0.1) is 0 Å². The van der Waals surface area contributed by atoms with Gasteiger partial charge in [-0.05, 0) is 49.7 Å². The molecule has 25 heavy (non-hydrogen) atoms. The lowest BCUT2D eigenvalue weighted by Crippen LogP contribution is -2.26.